The van der Waals surface area contributed by atoms with E-state index in [0.717, 1.165) is 12.1 Å². The van der Waals surface area contributed by atoms with Crippen molar-refractivity contribution in [1.82, 2.24) is 0 Å². The number of ketones is 1. The molecule has 0 radical (unpaired) electrons. The van der Waals surface area contributed by atoms with Gasteiger partial charge >= 0.3 is 5.69 Å². The second-order valence-electron chi connectivity index (χ2n) is 6.29. The number of phenolic OH excluding ortho intramolecular Hbond substituents is 1. The molecule has 0 fully saturated rings. The molecule has 1 heterocycles. The Kier molecular flexibility index (Phi) is 4.40. The lowest BCUT2D eigenvalue weighted by atomic mass is 9.97. The highest BCUT2D eigenvalue weighted by Crippen LogP contribution is 2.33. The molecule has 3 aromatic carbocycles. The van der Waals surface area contributed by atoms with Crippen molar-refractivity contribution >= 4 is 22.4 Å². The Bertz CT molecular complexity index is 1310. The van der Waals surface area contributed by atoms with E-state index in [1.165, 1.54) is 0 Å². The summed E-state index contributed by atoms with van der Waals surface area (Å²) < 4.78 is 5.81. The molecule has 7 heteroatoms. The van der Waals surface area contributed by atoms with E-state index >= 15 is 0 Å². The molecule has 4 aromatic rings. The van der Waals surface area contributed by atoms with Gasteiger partial charge in [0.1, 0.15) is 16.9 Å². The van der Waals surface area contributed by atoms with E-state index in [1.54, 1.807) is 60.7 Å². The van der Waals surface area contributed by atoms with Crippen LogP contribution in [0.1, 0.15) is 15.9 Å². The van der Waals surface area contributed by atoms with E-state index in [9.17, 15) is 24.8 Å². The number of carbonyl (C=O) groups is 1. The lowest BCUT2D eigenvalue weighted by molar-refractivity contribution is -0.385. The average Bonchev–Trinajstić information content (AvgIpc) is 2.74. The average molecular weight is 387 g/mol. The molecule has 142 valence electrons. The topological polar surface area (TPSA) is 111 Å². The quantitative estimate of drug-likeness (QED) is 0.317. The summed E-state index contributed by atoms with van der Waals surface area (Å²) in [7, 11) is 0. The smallest absolute Gasteiger partial charge is 0.311 e. The Morgan fingerprint density at radius 1 is 0.966 bits per heavy atom. The third kappa shape index (κ3) is 3.14. The van der Waals surface area contributed by atoms with Crippen LogP contribution in [-0.4, -0.2) is 15.8 Å². The van der Waals surface area contributed by atoms with Gasteiger partial charge in [0, 0.05) is 23.3 Å². The zero-order chi connectivity index (χ0) is 20.5. The highest BCUT2D eigenvalue weighted by atomic mass is 16.6. The molecule has 0 amide bonds. The van der Waals surface area contributed by atoms with Crippen LogP contribution in [0.3, 0.4) is 0 Å². The minimum atomic E-state index is -0.808. The molecular formula is C22H13NO6. The molecule has 29 heavy (non-hydrogen) atoms. The Morgan fingerprint density at radius 3 is 2.21 bits per heavy atom. The number of nitro benzene ring substituents is 1. The number of rotatable bonds is 4. The van der Waals surface area contributed by atoms with Crippen molar-refractivity contribution in [2.45, 2.75) is 0 Å². The van der Waals surface area contributed by atoms with Crippen molar-refractivity contribution in [1.29, 1.82) is 0 Å². The normalized spacial score (nSPS) is 10.8. The van der Waals surface area contributed by atoms with Crippen LogP contribution in [0.5, 0.6) is 5.75 Å². The minimum absolute atomic E-state index is 0.0326. The molecule has 0 aliphatic rings. The first-order valence-corrected chi connectivity index (χ1v) is 8.60. The molecule has 0 unspecified atom stereocenters. The molecule has 0 saturated carbocycles. The van der Waals surface area contributed by atoms with Crippen LogP contribution in [0.15, 0.2) is 82.0 Å². The molecule has 0 aliphatic heterocycles. The highest BCUT2D eigenvalue weighted by molar-refractivity contribution is 6.13. The summed E-state index contributed by atoms with van der Waals surface area (Å²) in [4.78, 5) is 36.7. The van der Waals surface area contributed by atoms with Crippen molar-refractivity contribution < 1.29 is 19.2 Å². The van der Waals surface area contributed by atoms with Crippen LogP contribution in [0, 0.1) is 10.1 Å². The fourth-order valence-corrected chi connectivity index (χ4v) is 3.10. The highest BCUT2D eigenvalue weighted by Gasteiger charge is 2.26. The molecule has 0 spiro atoms. The fraction of sp³-hybridized carbons (Fsp3) is 0. The predicted octanol–water partition coefficient (Wildman–Crippen LogP) is 4.30. The zero-order valence-electron chi connectivity index (χ0n) is 14.9. The number of aromatic hydroxyl groups is 1. The Labute approximate surface area is 163 Å². The van der Waals surface area contributed by atoms with Gasteiger partial charge < -0.3 is 9.52 Å². The van der Waals surface area contributed by atoms with E-state index in [0.29, 0.717) is 5.56 Å². The first-order valence-electron chi connectivity index (χ1n) is 8.60. The number of hydrogen-bond acceptors (Lipinski definition) is 6. The molecule has 0 aliphatic carbocycles. The summed E-state index contributed by atoms with van der Waals surface area (Å²) in [6, 6.07) is 18.7. The number of carbonyl (C=O) groups excluding carboxylic acids is 1. The van der Waals surface area contributed by atoms with Crippen molar-refractivity contribution in [3.05, 3.63) is 104 Å². The molecule has 0 saturated heterocycles. The third-order valence-electron chi connectivity index (χ3n) is 4.48. The van der Waals surface area contributed by atoms with Gasteiger partial charge in [-0.15, -0.1) is 0 Å². The van der Waals surface area contributed by atoms with Gasteiger partial charge in [0.15, 0.2) is 5.75 Å². The second-order valence-corrected chi connectivity index (χ2v) is 6.29. The SMILES string of the molecule is O=C(c1ccccc1)c1c(-c2ccccc2)oc2cc(O)c([N+](=O)[O-])cc2c1=O. The summed E-state index contributed by atoms with van der Waals surface area (Å²) in [6.07, 6.45) is 0. The fourth-order valence-electron chi connectivity index (χ4n) is 3.10. The predicted molar refractivity (Wildman–Crippen MR) is 106 cm³/mol. The largest absolute Gasteiger partial charge is 0.502 e. The molecule has 0 bridgehead atoms. The monoisotopic (exact) mass is 387 g/mol. The van der Waals surface area contributed by atoms with Crippen LogP contribution in [0.25, 0.3) is 22.3 Å². The van der Waals surface area contributed by atoms with Gasteiger partial charge in [-0.25, -0.2) is 0 Å². The van der Waals surface area contributed by atoms with E-state index in [-0.39, 0.29) is 27.9 Å². The Balaban J connectivity index is 2.09. The van der Waals surface area contributed by atoms with Gasteiger partial charge in [0.2, 0.25) is 11.2 Å². The van der Waals surface area contributed by atoms with Gasteiger partial charge in [-0.3, -0.25) is 19.7 Å². The van der Waals surface area contributed by atoms with Crippen LogP contribution in [0.4, 0.5) is 5.69 Å². The number of fused-ring (bicyclic) bond motifs is 1. The van der Waals surface area contributed by atoms with Gasteiger partial charge in [-0.05, 0) is 0 Å². The summed E-state index contributed by atoms with van der Waals surface area (Å²) in [5, 5.41) is 20.9. The molecule has 1 aromatic heterocycles. The summed E-state index contributed by atoms with van der Waals surface area (Å²) in [5.41, 5.74) is -0.859. The summed E-state index contributed by atoms with van der Waals surface area (Å²) in [5.74, 6) is -1.16. The van der Waals surface area contributed by atoms with E-state index < -0.39 is 27.6 Å². The summed E-state index contributed by atoms with van der Waals surface area (Å²) in [6.45, 7) is 0. The second kappa shape index (κ2) is 7.05. The van der Waals surface area contributed by atoms with Gasteiger partial charge in [0.25, 0.3) is 0 Å². The van der Waals surface area contributed by atoms with Crippen LogP contribution >= 0.6 is 0 Å². The molecule has 4 rings (SSSR count). The lowest BCUT2D eigenvalue weighted by Gasteiger charge is -2.10. The summed E-state index contributed by atoms with van der Waals surface area (Å²) >= 11 is 0. The van der Waals surface area contributed by atoms with Crippen molar-refractivity contribution in [2.75, 3.05) is 0 Å². The molecule has 0 atom stereocenters. The minimum Gasteiger partial charge on any atom is -0.502 e. The Morgan fingerprint density at radius 2 is 1.59 bits per heavy atom. The maximum Gasteiger partial charge on any atom is 0.311 e. The van der Waals surface area contributed by atoms with Crippen LogP contribution < -0.4 is 5.43 Å². The van der Waals surface area contributed by atoms with Gasteiger partial charge in [0.05, 0.1) is 10.3 Å². The van der Waals surface area contributed by atoms with Crippen molar-refractivity contribution in [3.8, 4) is 17.1 Å². The van der Waals surface area contributed by atoms with Crippen molar-refractivity contribution in [3.63, 3.8) is 0 Å². The van der Waals surface area contributed by atoms with Gasteiger partial charge in [-0.2, -0.15) is 0 Å². The molecule has 1 N–H and O–H groups in total. The number of nitro groups is 1. The van der Waals surface area contributed by atoms with Crippen LogP contribution in [0.2, 0.25) is 0 Å². The standard InChI is InChI=1S/C22H13NO6/c24-17-12-18-15(11-16(17)23(27)28)21(26)19(20(25)13-7-3-1-4-8-13)22(29-18)14-9-5-2-6-10-14/h1-12,24H. The van der Waals surface area contributed by atoms with Gasteiger partial charge in [-0.1, -0.05) is 60.7 Å². The van der Waals surface area contributed by atoms with E-state index in [4.69, 9.17) is 4.42 Å². The molecule has 7 nitrogen and oxygen atoms in total. The number of nitrogens with zero attached hydrogens (tertiary/aromatic N) is 1. The first kappa shape index (κ1) is 18.1. The maximum absolute atomic E-state index is 13.2. The van der Waals surface area contributed by atoms with E-state index in [2.05, 4.69) is 0 Å². The maximum atomic E-state index is 13.2. The Hall–Kier alpha value is -4.26. The first-order chi connectivity index (χ1) is 14.0. The third-order valence-corrected chi connectivity index (χ3v) is 4.48. The molecular weight excluding hydrogens is 374 g/mol. The zero-order valence-corrected chi connectivity index (χ0v) is 14.9. The van der Waals surface area contributed by atoms with Crippen molar-refractivity contribution in [2.24, 2.45) is 0 Å². The number of phenols is 1. The lowest BCUT2D eigenvalue weighted by Crippen LogP contribution is -2.18. The van der Waals surface area contributed by atoms with Crippen LogP contribution in [-0.2, 0) is 0 Å². The number of benzene rings is 3. The van der Waals surface area contributed by atoms with E-state index in [1.807, 2.05) is 0 Å². The number of hydrogen-bond donors (Lipinski definition) is 1.